The van der Waals surface area contributed by atoms with Crippen LogP contribution in [0.2, 0.25) is 0 Å². The van der Waals surface area contributed by atoms with Crippen molar-refractivity contribution in [2.75, 3.05) is 7.11 Å². The molecule has 0 aromatic heterocycles. The molecular weight excluding hydrogens is 233 g/mol. The van der Waals surface area contributed by atoms with E-state index in [1.54, 1.807) is 6.07 Å². The molecule has 3 nitrogen and oxygen atoms in total. The summed E-state index contributed by atoms with van der Waals surface area (Å²) in [4.78, 5) is 0. The van der Waals surface area contributed by atoms with Crippen LogP contribution in [0.1, 0.15) is 38.9 Å². The van der Waals surface area contributed by atoms with Crippen LogP contribution in [-0.4, -0.2) is 18.3 Å². The summed E-state index contributed by atoms with van der Waals surface area (Å²) in [6.07, 6.45) is -0.572. The number of aliphatic hydroxyl groups is 1. The van der Waals surface area contributed by atoms with Crippen molar-refractivity contribution < 1.29 is 14.2 Å². The van der Waals surface area contributed by atoms with Crippen LogP contribution in [0.3, 0.4) is 0 Å². The molecule has 0 aliphatic carbocycles. The second-order valence-electron chi connectivity index (χ2n) is 5.61. The molecule has 0 saturated carbocycles. The lowest BCUT2D eigenvalue weighted by atomic mass is 9.83. The molecule has 0 aliphatic heterocycles. The third kappa shape index (κ3) is 3.68. The van der Waals surface area contributed by atoms with Crippen LogP contribution in [0.5, 0.6) is 5.75 Å². The number of hydrogen-bond acceptors (Lipinski definition) is 3. The van der Waals surface area contributed by atoms with E-state index in [9.17, 15) is 9.50 Å². The highest BCUT2D eigenvalue weighted by molar-refractivity contribution is 5.30. The van der Waals surface area contributed by atoms with Crippen LogP contribution in [0, 0.1) is 11.2 Å². The van der Waals surface area contributed by atoms with Crippen LogP contribution in [-0.2, 0) is 0 Å². The molecule has 0 fully saturated rings. The Morgan fingerprint density at radius 2 is 2.00 bits per heavy atom. The largest absolute Gasteiger partial charge is 0.497 e. The van der Waals surface area contributed by atoms with Crippen LogP contribution >= 0.6 is 0 Å². The molecule has 18 heavy (non-hydrogen) atoms. The first kappa shape index (κ1) is 14.9. The number of methoxy groups -OCH3 is 1. The van der Waals surface area contributed by atoms with Gasteiger partial charge in [0.05, 0.1) is 13.2 Å². The monoisotopic (exact) mass is 255 g/mol. The first-order chi connectivity index (χ1) is 8.25. The summed E-state index contributed by atoms with van der Waals surface area (Å²) in [5, 5.41) is 10.0. The molecule has 1 aromatic carbocycles. The molecule has 1 rings (SSSR count). The SMILES string of the molecule is COc1ccc([C@@H](O)C[C@H](N)C(C)(C)C)c(F)c1. The van der Waals surface area contributed by atoms with Crippen LogP contribution in [0.25, 0.3) is 0 Å². The van der Waals surface area contributed by atoms with Gasteiger partial charge in [-0.15, -0.1) is 0 Å². The zero-order chi connectivity index (χ0) is 13.9. The molecule has 0 radical (unpaired) electrons. The topological polar surface area (TPSA) is 55.5 Å². The van der Waals surface area contributed by atoms with Crippen LogP contribution < -0.4 is 10.5 Å². The fourth-order valence-corrected chi connectivity index (χ4v) is 1.63. The summed E-state index contributed by atoms with van der Waals surface area (Å²) in [6, 6.07) is 4.23. The van der Waals surface area contributed by atoms with E-state index in [2.05, 4.69) is 0 Å². The van der Waals surface area contributed by atoms with Gasteiger partial charge in [0.15, 0.2) is 0 Å². The Balaban J connectivity index is 2.81. The van der Waals surface area contributed by atoms with E-state index >= 15 is 0 Å². The number of aliphatic hydroxyl groups excluding tert-OH is 1. The highest BCUT2D eigenvalue weighted by Gasteiger charge is 2.25. The summed E-state index contributed by atoms with van der Waals surface area (Å²) in [7, 11) is 1.47. The summed E-state index contributed by atoms with van der Waals surface area (Å²) < 4.78 is 18.7. The third-order valence-electron chi connectivity index (χ3n) is 3.16. The highest BCUT2D eigenvalue weighted by atomic mass is 19.1. The molecule has 102 valence electrons. The minimum atomic E-state index is -0.898. The molecule has 1 aromatic rings. The Morgan fingerprint density at radius 1 is 1.39 bits per heavy atom. The lowest BCUT2D eigenvalue weighted by molar-refractivity contribution is 0.130. The van der Waals surface area contributed by atoms with Gasteiger partial charge in [0.2, 0.25) is 0 Å². The maximum Gasteiger partial charge on any atom is 0.132 e. The molecular formula is C14H22FNO2. The van der Waals surface area contributed by atoms with Crippen molar-refractivity contribution in [1.29, 1.82) is 0 Å². The van der Waals surface area contributed by atoms with Crippen molar-refractivity contribution >= 4 is 0 Å². The minimum Gasteiger partial charge on any atom is -0.497 e. The van der Waals surface area contributed by atoms with Crippen molar-refractivity contribution in [1.82, 2.24) is 0 Å². The van der Waals surface area contributed by atoms with Gasteiger partial charge in [-0.05, 0) is 24.0 Å². The summed E-state index contributed by atoms with van der Waals surface area (Å²) in [5.41, 5.74) is 6.13. The van der Waals surface area contributed by atoms with E-state index in [-0.39, 0.29) is 17.0 Å². The Morgan fingerprint density at radius 3 is 2.44 bits per heavy atom. The summed E-state index contributed by atoms with van der Waals surface area (Å²) in [5.74, 6) is -0.0356. The Kier molecular flexibility index (Phi) is 4.71. The van der Waals surface area contributed by atoms with Crippen molar-refractivity contribution in [3.05, 3.63) is 29.6 Å². The highest BCUT2D eigenvalue weighted by Crippen LogP contribution is 2.29. The molecule has 0 saturated heterocycles. The number of nitrogens with two attached hydrogens (primary N) is 1. The Bertz CT molecular complexity index is 401. The van der Waals surface area contributed by atoms with E-state index in [0.29, 0.717) is 12.2 Å². The lowest BCUT2D eigenvalue weighted by Gasteiger charge is -2.29. The van der Waals surface area contributed by atoms with Crippen molar-refractivity contribution in [2.45, 2.75) is 39.3 Å². The van der Waals surface area contributed by atoms with Gasteiger partial charge in [-0.1, -0.05) is 20.8 Å². The number of halogens is 1. The Hall–Kier alpha value is -1.13. The van der Waals surface area contributed by atoms with Crippen LogP contribution in [0.15, 0.2) is 18.2 Å². The van der Waals surface area contributed by atoms with E-state index in [1.807, 2.05) is 20.8 Å². The summed E-state index contributed by atoms with van der Waals surface area (Å²) >= 11 is 0. The lowest BCUT2D eigenvalue weighted by Crippen LogP contribution is -2.36. The molecule has 0 heterocycles. The zero-order valence-corrected chi connectivity index (χ0v) is 11.4. The van der Waals surface area contributed by atoms with Crippen LogP contribution in [0.4, 0.5) is 4.39 Å². The van der Waals surface area contributed by atoms with E-state index in [1.165, 1.54) is 19.2 Å². The average Bonchev–Trinajstić information content (AvgIpc) is 2.27. The summed E-state index contributed by atoms with van der Waals surface area (Å²) in [6.45, 7) is 5.98. The smallest absolute Gasteiger partial charge is 0.132 e. The van der Waals surface area contributed by atoms with Gasteiger partial charge in [0.25, 0.3) is 0 Å². The maximum atomic E-state index is 13.8. The fourth-order valence-electron chi connectivity index (χ4n) is 1.63. The average molecular weight is 255 g/mol. The number of hydrogen-bond donors (Lipinski definition) is 2. The molecule has 0 aliphatic rings. The number of rotatable bonds is 4. The second-order valence-corrected chi connectivity index (χ2v) is 5.61. The van der Waals surface area contributed by atoms with Gasteiger partial charge < -0.3 is 15.6 Å². The first-order valence-corrected chi connectivity index (χ1v) is 6.02. The Labute approximate surface area is 108 Å². The predicted molar refractivity (Wildman–Crippen MR) is 70.0 cm³/mol. The fraction of sp³-hybridized carbons (Fsp3) is 0.571. The van der Waals surface area contributed by atoms with Crippen molar-refractivity contribution in [3.8, 4) is 5.75 Å². The van der Waals surface area contributed by atoms with Gasteiger partial charge in [-0.2, -0.15) is 0 Å². The molecule has 3 N–H and O–H groups in total. The first-order valence-electron chi connectivity index (χ1n) is 6.02. The van der Waals surface area contributed by atoms with E-state index < -0.39 is 11.9 Å². The molecule has 0 unspecified atom stereocenters. The van der Waals surface area contributed by atoms with E-state index in [0.717, 1.165) is 0 Å². The van der Waals surface area contributed by atoms with Crippen molar-refractivity contribution in [3.63, 3.8) is 0 Å². The van der Waals surface area contributed by atoms with Gasteiger partial charge in [-0.3, -0.25) is 0 Å². The molecule has 2 atom stereocenters. The normalized spacial score (nSPS) is 15.3. The maximum absolute atomic E-state index is 13.8. The number of ether oxygens (including phenoxy) is 1. The predicted octanol–water partition coefficient (Wildman–Crippen LogP) is 2.63. The number of benzene rings is 1. The molecule has 0 spiro atoms. The van der Waals surface area contributed by atoms with Gasteiger partial charge in [0, 0.05) is 17.7 Å². The minimum absolute atomic E-state index is 0.121. The third-order valence-corrected chi connectivity index (χ3v) is 3.16. The second kappa shape index (κ2) is 5.67. The molecule has 4 heteroatoms. The molecule has 0 amide bonds. The van der Waals surface area contributed by atoms with Gasteiger partial charge in [-0.25, -0.2) is 4.39 Å². The van der Waals surface area contributed by atoms with Gasteiger partial charge >= 0.3 is 0 Å². The quantitative estimate of drug-likeness (QED) is 0.869. The molecule has 0 bridgehead atoms. The van der Waals surface area contributed by atoms with E-state index in [4.69, 9.17) is 10.5 Å². The van der Waals surface area contributed by atoms with Gasteiger partial charge in [0.1, 0.15) is 11.6 Å². The zero-order valence-electron chi connectivity index (χ0n) is 11.4. The standard InChI is InChI=1S/C14H22FNO2/c1-14(2,3)13(16)8-12(17)10-6-5-9(18-4)7-11(10)15/h5-7,12-13,17H,8,16H2,1-4H3/t12-,13-/m0/s1. The van der Waals surface area contributed by atoms with Crippen molar-refractivity contribution in [2.24, 2.45) is 11.1 Å².